The van der Waals surface area contributed by atoms with Gasteiger partial charge in [0, 0.05) is 37.9 Å². The van der Waals surface area contributed by atoms with Gasteiger partial charge < -0.3 is 14.2 Å². The van der Waals surface area contributed by atoms with E-state index >= 15 is 0 Å². The van der Waals surface area contributed by atoms with Crippen LogP contribution in [0.15, 0.2) is 65.4 Å². The van der Waals surface area contributed by atoms with Crippen LogP contribution >= 0.6 is 0 Å². The number of oxazole rings is 1. The van der Waals surface area contributed by atoms with Gasteiger partial charge in [-0.05, 0) is 24.3 Å². The Morgan fingerprint density at radius 2 is 1.77 bits per heavy atom. The van der Waals surface area contributed by atoms with Gasteiger partial charge in [-0.1, -0.05) is 24.3 Å². The first-order valence-corrected chi connectivity index (χ1v) is 8.73. The lowest BCUT2D eigenvalue weighted by atomic mass is 10.2. The molecule has 6 heteroatoms. The van der Waals surface area contributed by atoms with Gasteiger partial charge in [-0.2, -0.15) is 0 Å². The molecule has 26 heavy (non-hydrogen) atoms. The summed E-state index contributed by atoms with van der Waals surface area (Å²) in [5.41, 5.74) is 1.58. The maximum Gasteiger partial charge on any atom is 0.228 e. The number of anilines is 1. The van der Waals surface area contributed by atoms with Gasteiger partial charge in [-0.3, -0.25) is 4.79 Å². The standard InChI is InChI=1S/C20H20N4O2/c25-19(14-17-15-26-20(22-17)16-6-2-1-3-7-16)24-12-10-23(11-13-24)18-8-4-5-9-21-18/h1-9,15H,10-14H2. The first kappa shape index (κ1) is 16.3. The topological polar surface area (TPSA) is 62.5 Å². The molecule has 0 radical (unpaired) electrons. The second-order valence-electron chi connectivity index (χ2n) is 6.24. The van der Waals surface area contributed by atoms with Crippen LogP contribution in [0.2, 0.25) is 0 Å². The Hall–Kier alpha value is -3.15. The largest absolute Gasteiger partial charge is 0.444 e. The van der Waals surface area contributed by atoms with Crippen molar-refractivity contribution in [2.75, 3.05) is 31.1 Å². The second kappa shape index (κ2) is 7.39. The van der Waals surface area contributed by atoms with Crippen LogP contribution in [0.1, 0.15) is 5.69 Å². The lowest BCUT2D eigenvalue weighted by Crippen LogP contribution is -2.49. The zero-order valence-electron chi connectivity index (χ0n) is 14.4. The molecule has 1 amide bonds. The molecule has 1 aliphatic rings. The minimum atomic E-state index is 0.0820. The van der Waals surface area contributed by atoms with Crippen molar-refractivity contribution in [1.29, 1.82) is 0 Å². The molecule has 0 N–H and O–H groups in total. The number of aromatic nitrogens is 2. The molecule has 0 saturated carbocycles. The van der Waals surface area contributed by atoms with Gasteiger partial charge in [0.15, 0.2) is 0 Å². The summed E-state index contributed by atoms with van der Waals surface area (Å²) in [4.78, 5) is 25.5. The fourth-order valence-corrected chi connectivity index (χ4v) is 3.09. The molecule has 3 aromatic rings. The van der Waals surface area contributed by atoms with Crippen LogP contribution in [0.25, 0.3) is 11.5 Å². The van der Waals surface area contributed by atoms with Gasteiger partial charge in [0.2, 0.25) is 11.8 Å². The Morgan fingerprint density at radius 1 is 1.00 bits per heavy atom. The van der Waals surface area contributed by atoms with Crippen molar-refractivity contribution in [2.24, 2.45) is 0 Å². The minimum absolute atomic E-state index is 0.0820. The van der Waals surface area contributed by atoms with E-state index in [1.807, 2.05) is 53.4 Å². The Bertz CT molecular complexity index is 856. The zero-order chi connectivity index (χ0) is 17.8. The van der Waals surface area contributed by atoms with E-state index in [4.69, 9.17) is 4.42 Å². The molecule has 4 rings (SSSR count). The van der Waals surface area contributed by atoms with E-state index in [0.717, 1.165) is 24.5 Å². The van der Waals surface area contributed by atoms with Gasteiger partial charge in [-0.25, -0.2) is 9.97 Å². The van der Waals surface area contributed by atoms with E-state index in [9.17, 15) is 4.79 Å². The molecule has 0 spiro atoms. The lowest BCUT2D eigenvalue weighted by molar-refractivity contribution is -0.130. The Balaban J connectivity index is 1.34. The summed E-state index contributed by atoms with van der Waals surface area (Å²) < 4.78 is 5.52. The number of hydrogen-bond donors (Lipinski definition) is 0. The lowest BCUT2D eigenvalue weighted by Gasteiger charge is -2.35. The molecule has 6 nitrogen and oxygen atoms in total. The quantitative estimate of drug-likeness (QED) is 0.725. The summed E-state index contributed by atoms with van der Waals surface area (Å²) in [6, 6.07) is 15.6. The molecule has 1 fully saturated rings. The molecule has 0 aliphatic carbocycles. The number of benzene rings is 1. The van der Waals surface area contributed by atoms with Gasteiger partial charge in [-0.15, -0.1) is 0 Å². The summed E-state index contributed by atoms with van der Waals surface area (Å²) in [6.07, 6.45) is 3.63. The highest BCUT2D eigenvalue weighted by Gasteiger charge is 2.22. The van der Waals surface area contributed by atoms with E-state index in [1.54, 1.807) is 12.5 Å². The van der Waals surface area contributed by atoms with Gasteiger partial charge in [0.1, 0.15) is 12.1 Å². The molecule has 1 saturated heterocycles. The van der Waals surface area contributed by atoms with Crippen LogP contribution in [0.3, 0.4) is 0 Å². The predicted molar refractivity (Wildman–Crippen MR) is 98.7 cm³/mol. The zero-order valence-corrected chi connectivity index (χ0v) is 14.4. The van der Waals surface area contributed by atoms with Crippen LogP contribution in [0.4, 0.5) is 5.82 Å². The minimum Gasteiger partial charge on any atom is -0.444 e. The number of rotatable bonds is 4. The van der Waals surface area contributed by atoms with E-state index in [2.05, 4.69) is 14.9 Å². The molecule has 1 aliphatic heterocycles. The highest BCUT2D eigenvalue weighted by molar-refractivity contribution is 5.78. The summed E-state index contributed by atoms with van der Waals surface area (Å²) in [5.74, 6) is 1.59. The maximum absolute atomic E-state index is 12.6. The smallest absolute Gasteiger partial charge is 0.228 e. The first-order valence-electron chi connectivity index (χ1n) is 8.73. The number of pyridine rings is 1. The summed E-state index contributed by atoms with van der Waals surface area (Å²) in [6.45, 7) is 2.96. The van der Waals surface area contributed by atoms with Crippen molar-refractivity contribution < 1.29 is 9.21 Å². The molecule has 3 heterocycles. The van der Waals surface area contributed by atoms with E-state index < -0.39 is 0 Å². The van der Waals surface area contributed by atoms with Crippen molar-refractivity contribution >= 4 is 11.7 Å². The highest BCUT2D eigenvalue weighted by Crippen LogP contribution is 2.19. The monoisotopic (exact) mass is 348 g/mol. The normalized spacial score (nSPS) is 14.5. The van der Waals surface area contributed by atoms with Gasteiger partial charge in [0.05, 0.1) is 12.1 Å². The molecule has 0 unspecified atom stereocenters. The number of piperazine rings is 1. The highest BCUT2D eigenvalue weighted by atomic mass is 16.3. The predicted octanol–water partition coefficient (Wildman–Crippen LogP) is 2.63. The second-order valence-corrected chi connectivity index (χ2v) is 6.24. The van der Waals surface area contributed by atoms with E-state index in [-0.39, 0.29) is 12.3 Å². The van der Waals surface area contributed by atoms with Crippen molar-refractivity contribution in [3.8, 4) is 11.5 Å². The average Bonchev–Trinajstić information content (AvgIpc) is 3.18. The molecule has 0 bridgehead atoms. The van der Waals surface area contributed by atoms with Crippen LogP contribution < -0.4 is 4.90 Å². The Kier molecular flexibility index (Phi) is 4.64. The maximum atomic E-state index is 12.6. The van der Waals surface area contributed by atoms with Crippen molar-refractivity contribution in [3.63, 3.8) is 0 Å². The Labute approximate surface area is 152 Å². The van der Waals surface area contributed by atoms with Crippen molar-refractivity contribution in [2.45, 2.75) is 6.42 Å². The Morgan fingerprint density at radius 3 is 2.50 bits per heavy atom. The number of nitrogens with zero attached hydrogens (tertiary/aromatic N) is 4. The van der Waals surface area contributed by atoms with Gasteiger partial charge >= 0.3 is 0 Å². The number of carbonyl (C=O) groups is 1. The van der Waals surface area contributed by atoms with Gasteiger partial charge in [0.25, 0.3) is 0 Å². The van der Waals surface area contributed by atoms with E-state index in [0.29, 0.717) is 24.7 Å². The number of amides is 1. The third-order valence-electron chi connectivity index (χ3n) is 4.51. The molecule has 1 aromatic carbocycles. The molecule has 0 atom stereocenters. The molecular formula is C20H20N4O2. The first-order chi connectivity index (χ1) is 12.8. The fraction of sp³-hybridized carbons (Fsp3) is 0.250. The third kappa shape index (κ3) is 3.59. The van der Waals surface area contributed by atoms with Crippen LogP contribution in [-0.4, -0.2) is 47.0 Å². The average molecular weight is 348 g/mol. The fourth-order valence-electron chi connectivity index (χ4n) is 3.09. The number of hydrogen-bond acceptors (Lipinski definition) is 5. The van der Waals surface area contributed by atoms with E-state index in [1.165, 1.54) is 0 Å². The van der Waals surface area contributed by atoms with Crippen molar-refractivity contribution in [1.82, 2.24) is 14.9 Å². The van der Waals surface area contributed by atoms with Crippen LogP contribution in [-0.2, 0) is 11.2 Å². The van der Waals surface area contributed by atoms with Crippen LogP contribution in [0.5, 0.6) is 0 Å². The SMILES string of the molecule is O=C(Cc1coc(-c2ccccc2)n1)N1CCN(c2ccccn2)CC1. The summed E-state index contributed by atoms with van der Waals surface area (Å²) >= 11 is 0. The number of carbonyl (C=O) groups excluding carboxylic acids is 1. The summed E-state index contributed by atoms with van der Waals surface area (Å²) in [7, 11) is 0. The van der Waals surface area contributed by atoms with Crippen molar-refractivity contribution in [3.05, 3.63) is 66.7 Å². The third-order valence-corrected chi connectivity index (χ3v) is 4.51. The van der Waals surface area contributed by atoms with Crippen LogP contribution in [0, 0.1) is 0 Å². The molecular weight excluding hydrogens is 328 g/mol. The molecule has 2 aromatic heterocycles. The summed E-state index contributed by atoms with van der Waals surface area (Å²) in [5, 5.41) is 0. The molecule has 132 valence electrons.